The van der Waals surface area contributed by atoms with Crippen LogP contribution in [0.25, 0.3) is 0 Å². The van der Waals surface area contributed by atoms with E-state index in [0.29, 0.717) is 18.9 Å². The van der Waals surface area contributed by atoms with Gasteiger partial charge >= 0.3 is 0 Å². The van der Waals surface area contributed by atoms with Crippen molar-refractivity contribution in [2.24, 2.45) is 0 Å². The normalized spacial score (nSPS) is 17.8. The van der Waals surface area contributed by atoms with E-state index in [0.717, 1.165) is 25.1 Å². The number of pyridine rings is 1. The molecular weight excluding hydrogens is 242 g/mol. The van der Waals surface area contributed by atoms with Crippen molar-refractivity contribution in [1.82, 2.24) is 10.3 Å². The fraction of sp³-hybridized carbons (Fsp3) is 0.571. The van der Waals surface area contributed by atoms with E-state index in [9.17, 15) is 4.79 Å². The molecule has 0 spiro atoms. The first-order valence-electron chi connectivity index (χ1n) is 6.73. The molecule has 0 aliphatic carbocycles. The summed E-state index contributed by atoms with van der Waals surface area (Å²) in [4.78, 5) is 16.4. The number of aromatic nitrogens is 1. The van der Waals surface area contributed by atoms with Crippen LogP contribution in [-0.4, -0.2) is 36.2 Å². The van der Waals surface area contributed by atoms with Crippen LogP contribution in [0.15, 0.2) is 18.3 Å². The van der Waals surface area contributed by atoms with Gasteiger partial charge in [0.15, 0.2) is 0 Å². The van der Waals surface area contributed by atoms with Crippen molar-refractivity contribution in [3.63, 3.8) is 0 Å². The van der Waals surface area contributed by atoms with Crippen molar-refractivity contribution in [3.8, 4) is 0 Å². The molecule has 1 amide bonds. The van der Waals surface area contributed by atoms with Crippen LogP contribution in [0.1, 0.15) is 37.2 Å². The summed E-state index contributed by atoms with van der Waals surface area (Å²) in [6, 6.07) is 3.64. The number of carbonyl (C=O) groups is 1. The Hall–Kier alpha value is -1.62. The first-order chi connectivity index (χ1) is 9.13. The van der Waals surface area contributed by atoms with Crippen LogP contribution >= 0.6 is 0 Å². The van der Waals surface area contributed by atoms with Crippen LogP contribution in [0.2, 0.25) is 0 Å². The zero-order valence-electron chi connectivity index (χ0n) is 11.5. The first kappa shape index (κ1) is 13.8. The summed E-state index contributed by atoms with van der Waals surface area (Å²) >= 11 is 0. The molecule has 0 unspecified atom stereocenters. The second-order valence-electron chi connectivity index (χ2n) is 5.09. The van der Waals surface area contributed by atoms with Crippen LogP contribution in [0.3, 0.4) is 0 Å². The number of nitrogens with one attached hydrogen (secondary N) is 2. The topological polar surface area (TPSA) is 63.2 Å². The van der Waals surface area contributed by atoms with Gasteiger partial charge in [-0.2, -0.15) is 0 Å². The molecule has 1 aromatic rings. The lowest BCUT2D eigenvalue weighted by atomic mass is 9.92. The van der Waals surface area contributed by atoms with Crippen molar-refractivity contribution in [2.45, 2.75) is 32.2 Å². The fourth-order valence-electron chi connectivity index (χ4n) is 2.15. The molecule has 19 heavy (non-hydrogen) atoms. The van der Waals surface area contributed by atoms with Gasteiger partial charge in [0.1, 0.15) is 5.69 Å². The summed E-state index contributed by atoms with van der Waals surface area (Å²) in [7, 11) is 0. The van der Waals surface area contributed by atoms with Gasteiger partial charge in [0.2, 0.25) is 0 Å². The first-order valence-corrected chi connectivity index (χ1v) is 6.73. The molecule has 104 valence electrons. The van der Waals surface area contributed by atoms with Crippen LogP contribution in [0, 0.1) is 0 Å². The predicted molar refractivity (Wildman–Crippen MR) is 74.3 cm³/mol. The van der Waals surface area contributed by atoms with Crippen LogP contribution in [-0.2, 0) is 4.74 Å². The number of carbonyl (C=O) groups excluding carboxylic acids is 1. The van der Waals surface area contributed by atoms with Gasteiger partial charge in [0.05, 0.1) is 0 Å². The highest BCUT2D eigenvalue weighted by Crippen LogP contribution is 2.20. The Bertz CT molecular complexity index is 442. The van der Waals surface area contributed by atoms with E-state index in [4.69, 9.17) is 4.74 Å². The maximum atomic E-state index is 12.2. The number of amides is 1. The van der Waals surface area contributed by atoms with Crippen LogP contribution in [0.4, 0.5) is 5.69 Å². The standard InChI is InChI=1S/C14H21N3O2/c1-3-15-11-4-7-16-12(10-11)13(18)17-14(2)5-8-19-9-6-14/h4,7,10H,3,5-6,8-9H2,1-2H3,(H,15,16)(H,17,18). The molecular formula is C14H21N3O2. The SMILES string of the molecule is CCNc1ccnc(C(=O)NC2(C)CCOCC2)c1. The molecule has 1 aliphatic rings. The van der Waals surface area contributed by atoms with Crippen molar-refractivity contribution in [3.05, 3.63) is 24.0 Å². The Morgan fingerprint density at radius 2 is 2.21 bits per heavy atom. The second-order valence-corrected chi connectivity index (χ2v) is 5.09. The van der Waals surface area contributed by atoms with E-state index in [2.05, 4.69) is 22.5 Å². The Morgan fingerprint density at radius 1 is 1.47 bits per heavy atom. The number of hydrogen-bond donors (Lipinski definition) is 2. The largest absolute Gasteiger partial charge is 0.385 e. The van der Waals surface area contributed by atoms with E-state index in [1.54, 1.807) is 12.3 Å². The van der Waals surface area contributed by atoms with E-state index in [1.807, 2.05) is 13.0 Å². The smallest absolute Gasteiger partial charge is 0.270 e. The third-order valence-electron chi connectivity index (χ3n) is 3.39. The zero-order valence-corrected chi connectivity index (χ0v) is 11.5. The molecule has 5 heteroatoms. The van der Waals surface area contributed by atoms with Gasteiger partial charge in [-0.3, -0.25) is 9.78 Å². The summed E-state index contributed by atoms with van der Waals surface area (Å²) < 4.78 is 5.33. The van der Waals surface area contributed by atoms with E-state index in [-0.39, 0.29) is 11.4 Å². The average molecular weight is 263 g/mol. The molecule has 0 bridgehead atoms. The highest BCUT2D eigenvalue weighted by atomic mass is 16.5. The summed E-state index contributed by atoms with van der Waals surface area (Å²) in [5, 5.41) is 6.25. The molecule has 1 saturated heterocycles. The van der Waals surface area contributed by atoms with Crippen molar-refractivity contribution in [1.29, 1.82) is 0 Å². The third kappa shape index (κ3) is 3.67. The van der Waals surface area contributed by atoms with Gasteiger partial charge < -0.3 is 15.4 Å². The summed E-state index contributed by atoms with van der Waals surface area (Å²) in [6.07, 6.45) is 3.33. The quantitative estimate of drug-likeness (QED) is 0.869. The molecule has 0 atom stereocenters. The van der Waals surface area contributed by atoms with E-state index in [1.165, 1.54) is 0 Å². The maximum Gasteiger partial charge on any atom is 0.270 e. The average Bonchev–Trinajstić information content (AvgIpc) is 2.40. The molecule has 2 rings (SSSR count). The number of rotatable bonds is 4. The maximum absolute atomic E-state index is 12.2. The number of anilines is 1. The highest BCUT2D eigenvalue weighted by molar-refractivity contribution is 5.93. The summed E-state index contributed by atoms with van der Waals surface area (Å²) in [6.45, 7) is 6.29. The molecule has 0 aromatic carbocycles. The van der Waals surface area contributed by atoms with Crippen LogP contribution < -0.4 is 10.6 Å². The van der Waals surface area contributed by atoms with Gasteiger partial charge in [0, 0.05) is 37.2 Å². The molecule has 2 N–H and O–H groups in total. The lowest BCUT2D eigenvalue weighted by molar-refractivity contribution is 0.0421. The van der Waals surface area contributed by atoms with Crippen molar-refractivity contribution >= 4 is 11.6 Å². The summed E-state index contributed by atoms with van der Waals surface area (Å²) in [5.41, 5.74) is 1.18. The minimum atomic E-state index is -0.189. The molecule has 1 aliphatic heterocycles. The van der Waals surface area contributed by atoms with Crippen LogP contribution in [0.5, 0.6) is 0 Å². The van der Waals surface area contributed by atoms with Gasteiger partial charge in [-0.15, -0.1) is 0 Å². The second kappa shape index (κ2) is 6.02. The van der Waals surface area contributed by atoms with E-state index < -0.39 is 0 Å². The lowest BCUT2D eigenvalue weighted by Gasteiger charge is -2.34. The molecule has 2 heterocycles. The van der Waals surface area contributed by atoms with Gasteiger partial charge in [0.25, 0.3) is 5.91 Å². The third-order valence-corrected chi connectivity index (χ3v) is 3.39. The highest BCUT2D eigenvalue weighted by Gasteiger charge is 2.29. The van der Waals surface area contributed by atoms with Gasteiger partial charge in [-0.05, 0) is 38.8 Å². The Morgan fingerprint density at radius 3 is 2.89 bits per heavy atom. The molecule has 0 radical (unpaired) electrons. The van der Waals surface area contributed by atoms with Crippen molar-refractivity contribution < 1.29 is 9.53 Å². The molecule has 0 saturated carbocycles. The predicted octanol–water partition coefficient (Wildman–Crippen LogP) is 1.81. The molecule has 5 nitrogen and oxygen atoms in total. The van der Waals surface area contributed by atoms with Crippen molar-refractivity contribution in [2.75, 3.05) is 25.1 Å². The van der Waals surface area contributed by atoms with Gasteiger partial charge in [-0.1, -0.05) is 0 Å². The number of hydrogen-bond acceptors (Lipinski definition) is 4. The Labute approximate surface area is 113 Å². The zero-order chi connectivity index (χ0) is 13.7. The fourth-order valence-corrected chi connectivity index (χ4v) is 2.15. The monoisotopic (exact) mass is 263 g/mol. The summed E-state index contributed by atoms with van der Waals surface area (Å²) in [5.74, 6) is -0.121. The molecule has 1 fully saturated rings. The number of nitrogens with zero attached hydrogens (tertiary/aromatic N) is 1. The minimum Gasteiger partial charge on any atom is -0.385 e. The Kier molecular flexibility index (Phi) is 4.37. The molecule has 1 aromatic heterocycles. The number of ether oxygens (including phenoxy) is 1. The Balaban J connectivity index is 2.04. The lowest BCUT2D eigenvalue weighted by Crippen LogP contribution is -2.49. The minimum absolute atomic E-state index is 0.121. The van der Waals surface area contributed by atoms with E-state index >= 15 is 0 Å². The van der Waals surface area contributed by atoms with Gasteiger partial charge in [-0.25, -0.2) is 0 Å².